The normalized spacial score (nSPS) is 13.0. The molecule has 0 saturated carbocycles. The van der Waals surface area contributed by atoms with E-state index in [0.717, 1.165) is 21.8 Å². The molecule has 2 aromatic rings. The molecule has 0 aliphatic carbocycles. The number of hydrogen-bond acceptors (Lipinski definition) is 3. The van der Waals surface area contributed by atoms with Crippen molar-refractivity contribution < 1.29 is 4.79 Å². The molecule has 0 radical (unpaired) electrons. The van der Waals surface area contributed by atoms with Crippen molar-refractivity contribution in [2.45, 2.75) is 11.3 Å². The third-order valence-electron chi connectivity index (χ3n) is 2.76. The van der Waals surface area contributed by atoms with Gasteiger partial charge >= 0.3 is 0 Å². The van der Waals surface area contributed by atoms with Crippen LogP contribution in [0.1, 0.15) is 5.56 Å². The van der Waals surface area contributed by atoms with Crippen molar-refractivity contribution in [2.24, 2.45) is 0 Å². The number of amides is 1. The van der Waals surface area contributed by atoms with Crippen LogP contribution in [0.25, 0.3) is 0 Å². The third kappa shape index (κ3) is 2.33. The maximum atomic E-state index is 11.3. The van der Waals surface area contributed by atoms with E-state index in [1.165, 1.54) is 0 Å². The lowest BCUT2D eigenvalue weighted by Gasteiger charge is -2.06. The highest BCUT2D eigenvalue weighted by Gasteiger charge is 2.17. The summed E-state index contributed by atoms with van der Waals surface area (Å²) in [5, 5.41) is 2.82. The van der Waals surface area contributed by atoms with Gasteiger partial charge in [0.15, 0.2) is 0 Å². The predicted octanol–water partition coefficient (Wildman–Crippen LogP) is 3.30. The van der Waals surface area contributed by atoms with E-state index in [1.54, 1.807) is 11.9 Å². The quantitative estimate of drug-likeness (QED) is 0.828. The van der Waals surface area contributed by atoms with Crippen LogP contribution in [0.3, 0.4) is 0 Å². The lowest BCUT2D eigenvalue weighted by molar-refractivity contribution is -0.115. The summed E-state index contributed by atoms with van der Waals surface area (Å²) >= 11 is 1.56. The van der Waals surface area contributed by atoms with Crippen molar-refractivity contribution in [2.75, 3.05) is 10.0 Å². The molecule has 0 aromatic heterocycles. The van der Waals surface area contributed by atoms with Crippen molar-refractivity contribution in [3.8, 4) is 0 Å². The van der Waals surface area contributed by atoms with Gasteiger partial charge in [-0.2, -0.15) is 0 Å². The van der Waals surface area contributed by atoms with Crippen LogP contribution in [0, 0.1) is 0 Å². The minimum atomic E-state index is 0.0675. The molecular formula is C14H12N2OS. The molecule has 3 rings (SSSR count). The summed E-state index contributed by atoms with van der Waals surface area (Å²) in [5.74, 6) is 0.0675. The summed E-state index contributed by atoms with van der Waals surface area (Å²) in [6.07, 6.45) is 0.473. The van der Waals surface area contributed by atoms with Gasteiger partial charge in [0, 0.05) is 16.3 Å². The van der Waals surface area contributed by atoms with Crippen molar-refractivity contribution in [1.29, 1.82) is 0 Å². The second-order valence-corrected chi connectivity index (χ2v) is 4.99. The Hall–Kier alpha value is -1.94. The summed E-state index contributed by atoms with van der Waals surface area (Å²) < 4.78 is 3.28. The van der Waals surface area contributed by atoms with Crippen LogP contribution >= 0.6 is 11.9 Å². The molecule has 1 heterocycles. The monoisotopic (exact) mass is 256 g/mol. The topological polar surface area (TPSA) is 41.1 Å². The summed E-state index contributed by atoms with van der Waals surface area (Å²) in [5.41, 5.74) is 2.99. The van der Waals surface area contributed by atoms with Crippen LogP contribution < -0.4 is 10.0 Å². The van der Waals surface area contributed by atoms with E-state index in [4.69, 9.17) is 0 Å². The van der Waals surface area contributed by atoms with Gasteiger partial charge in [-0.05, 0) is 47.8 Å². The Bertz CT molecular complexity index is 584. The summed E-state index contributed by atoms with van der Waals surface area (Å²) in [6.45, 7) is 0. The largest absolute Gasteiger partial charge is 0.326 e. The fraction of sp³-hybridized carbons (Fsp3) is 0.0714. The second kappa shape index (κ2) is 4.74. The number of carbonyl (C=O) groups excluding carboxylic acids is 1. The molecule has 3 nitrogen and oxygen atoms in total. The fourth-order valence-corrected chi connectivity index (χ4v) is 2.56. The lowest BCUT2D eigenvalue weighted by atomic mass is 10.1. The van der Waals surface area contributed by atoms with E-state index in [-0.39, 0.29) is 5.91 Å². The minimum Gasteiger partial charge on any atom is -0.326 e. The molecule has 1 aliphatic rings. The molecule has 1 amide bonds. The number of benzene rings is 2. The molecule has 2 aromatic carbocycles. The standard InChI is InChI=1S/C14H12N2OS/c17-14-9-10-8-11(6-7-13(10)15-14)16-18-12-4-2-1-3-5-12/h1-8,16H,9H2,(H,15,17). The molecule has 0 saturated heterocycles. The fourth-order valence-electron chi connectivity index (χ4n) is 1.90. The van der Waals surface area contributed by atoms with Gasteiger partial charge in [0.1, 0.15) is 0 Å². The van der Waals surface area contributed by atoms with E-state index < -0.39 is 0 Å². The van der Waals surface area contributed by atoms with E-state index in [1.807, 2.05) is 36.4 Å². The number of anilines is 2. The molecule has 0 unspecified atom stereocenters. The Morgan fingerprint density at radius 3 is 2.78 bits per heavy atom. The molecule has 0 atom stereocenters. The van der Waals surface area contributed by atoms with Gasteiger partial charge in [-0.3, -0.25) is 4.79 Å². The molecule has 0 fully saturated rings. The zero-order chi connectivity index (χ0) is 12.4. The van der Waals surface area contributed by atoms with Gasteiger partial charge in [0.2, 0.25) is 5.91 Å². The van der Waals surface area contributed by atoms with Crippen LogP contribution in [0.5, 0.6) is 0 Å². The molecular weight excluding hydrogens is 244 g/mol. The minimum absolute atomic E-state index is 0.0675. The zero-order valence-electron chi connectivity index (χ0n) is 9.64. The van der Waals surface area contributed by atoms with E-state index in [0.29, 0.717) is 6.42 Å². The van der Waals surface area contributed by atoms with Gasteiger partial charge in [-0.1, -0.05) is 18.2 Å². The molecule has 1 aliphatic heterocycles. The first-order valence-corrected chi connectivity index (χ1v) is 6.53. The van der Waals surface area contributed by atoms with Crippen molar-refractivity contribution in [1.82, 2.24) is 0 Å². The number of nitrogens with one attached hydrogen (secondary N) is 2. The highest BCUT2D eigenvalue weighted by Crippen LogP contribution is 2.28. The average molecular weight is 256 g/mol. The van der Waals surface area contributed by atoms with Gasteiger partial charge in [0.05, 0.1) is 6.42 Å². The lowest BCUT2D eigenvalue weighted by Crippen LogP contribution is -2.03. The number of rotatable bonds is 3. The van der Waals surface area contributed by atoms with Crippen molar-refractivity contribution in [3.05, 3.63) is 54.1 Å². The van der Waals surface area contributed by atoms with E-state index in [2.05, 4.69) is 22.2 Å². The van der Waals surface area contributed by atoms with Crippen LogP contribution in [-0.4, -0.2) is 5.91 Å². The van der Waals surface area contributed by atoms with Crippen molar-refractivity contribution >= 4 is 29.2 Å². The number of carbonyl (C=O) groups is 1. The van der Waals surface area contributed by atoms with Gasteiger partial charge in [-0.15, -0.1) is 0 Å². The average Bonchev–Trinajstić information content (AvgIpc) is 2.77. The SMILES string of the molecule is O=C1Cc2cc(NSc3ccccc3)ccc2N1. The summed E-state index contributed by atoms with van der Waals surface area (Å²) in [4.78, 5) is 12.4. The maximum Gasteiger partial charge on any atom is 0.228 e. The van der Waals surface area contributed by atoms with Crippen LogP contribution in [-0.2, 0) is 11.2 Å². The maximum absolute atomic E-state index is 11.3. The molecule has 0 spiro atoms. The van der Waals surface area contributed by atoms with E-state index in [9.17, 15) is 4.79 Å². The Balaban J connectivity index is 1.71. The number of hydrogen-bond donors (Lipinski definition) is 2. The Morgan fingerprint density at radius 1 is 1.11 bits per heavy atom. The van der Waals surface area contributed by atoms with Crippen LogP contribution in [0.4, 0.5) is 11.4 Å². The Morgan fingerprint density at radius 2 is 1.94 bits per heavy atom. The molecule has 4 heteroatoms. The van der Waals surface area contributed by atoms with Gasteiger partial charge in [0.25, 0.3) is 0 Å². The third-order valence-corrected chi connectivity index (χ3v) is 3.61. The summed E-state index contributed by atoms with van der Waals surface area (Å²) in [6, 6.07) is 16.0. The Kier molecular flexibility index (Phi) is 2.94. The van der Waals surface area contributed by atoms with Gasteiger partial charge in [-0.25, -0.2) is 0 Å². The van der Waals surface area contributed by atoms with Crippen molar-refractivity contribution in [3.63, 3.8) is 0 Å². The highest BCUT2D eigenvalue weighted by molar-refractivity contribution is 8.00. The van der Waals surface area contributed by atoms with Gasteiger partial charge < -0.3 is 10.0 Å². The highest BCUT2D eigenvalue weighted by atomic mass is 32.2. The molecule has 90 valence electrons. The second-order valence-electron chi connectivity index (χ2n) is 4.11. The molecule has 18 heavy (non-hydrogen) atoms. The zero-order valence-corrected chi connectivity index (χ0v) is 10.5. The summed E-state index contributed by atoms with van der Waals surface area (Å²) in [7, 11) is 0. The van der Waals surface area contributed by atoms with Crippen LogP contribution in [0.2, 0.25) is 0 Å². The first kappa shape index (κ1) is 11.2. The smallest absolute Gasteiger partial charge is 0.228 e. The van der Waals surface area contributed by atoms with E-state index >= 15 is 0 Å². The predicted molar refractivity (Wildman–Crippen MR) is 74.7 cm³/mol. The number of fused-ring (bicyclic) bond motifs is 1. The first-order valence-electron chi connectivity index (χ1n) is 5.72. The first-order chi connectivity index (χ1) is 8.81. The Labute approximate surface area is 110 Å². The molecule has 0 bridgehead atoms. The molecule has 2 N–H and O–H groups in total. The van der Waals surface area contributed by atoms with Crippen LogP contribution in [0.15, 0.2) is 53.4 Å².